The average Bonchev–Trinajstić information content (AvgIpc) is 3.57. The Labute approximate surface area is 312 Å². The van der Waals surface area contributed by atoms with Gasteiger partial charge in [-0.25, -0.2) is 23.1 Å². The van der Waals surface area contributed by atoms with Crippen LogP contribution in [0.5, 0.6) is 5.75 Å². The van der Waals surface area contributed by atoms with Crippen molar-refractivity contribution in [2.75, 3.05) is 30.3 Å². The summed E-state index contributed by atoms with van der Waals surface area (Å²) in [5.74, 6) is -0.236. The molecule has 3 aliphatic rings. The molecule has 3 aromatic heterocycles. The van der Waals surface area contributed by atoms with Crippen molar-refractivity contribution in [1.29, 1.82) is 0 Å². The lowest BCUT2D eigenvalue weighted by Crippen LogP contribution is -2.47. The van der Waals surface area contributed by atoms with Crippen LogP contribution < -0.4 is 20.7 Å². The highest BCUT2D eigenvalue weighted by molar-refractivity contribution is 6.06. The van der Waals surface area contributed by atoms with E-state index in [1.165, 1.54) is 18.2 Å². The molecule has 1 atom stereocenters. The minimum absolute atomic E-state index is 0.0288. The standard InChI is InChI=1S/C40H46F3N7O4/c1-23(2)54-33-19-35-46-32(22-50(35)21-28(33)39(52)47-34-8-4-7-30(45-34)38(42)43)26-11-9-24(10-12-26)20-49-17-15-25(16-18-49)27-5-3-6-29(37(27)41)44-31-13-14-36(51)48-40(31)53/h3-8,19,21-26,31,38,44H,9-18,20H2,1-2H3,(H,45,47,52)(H,48,51,53)/t24-,26-,31?. The van der Waals surface area contributed by atoms with E-state index >= 15 is 4.39 Å². The lowest BCUT2D eigenvalue weighted by atomic mass is 9.80. The molecule has 4 aromatic rings. The van der Waals surface area contributed by atoms with Crippen LogP contribution in [0.4, 0.5) is 24.7 Å². The van der Waals surface area contributed by atoms with Crippen LogP contribution >= 0.6 is 0 Å². The van der Waals surface area contributed by atoms with Crippen molar-refractivity contribution in [3.8, 4) is 5.75 Å². The number of alkyl halides is 2. The summed E-state index contributed by atoms with van der Waals surface area (Å²) in [6, 6.07) is 10.5. The number of pyridine rings is 2. The first kappa shape index (κ1) is 37.3. The highest BCUT2D eigenvalue weighted by Crippen LogP contribution is 2.38. The van der Waals surface area contributed by atoms with Crippen LogP contribution in [0.3, 0.4) is 0 Å². The number of nitrogens with one attached hydrogen (secondary N) is 3. The van der Waals surface area contributed by atoms with Crippen molar-refractivity contribution in [2.45, 2.75) is 95.6 Å². The van der Waals surface area contributed by atoms with Gasteiger partial charge in [0.05, 0.1) is 23.0 Å². The zero-order valence-corrected chi connectivity index (χ0v) is 30.5. The van der Waals surface area contributed by atoms with E-state index in [0.717, 1.165) is 63.9 Å². The topological polar surface area (TPSA) is 130 Å². The van der Waals surface area contributed by atoms with Crippen LogP contribution in [0.1, 0.15) is 111 Å². The molecular formula is C40H46F3N7O4. The Kier molecular flexibility index (Phi) is 11.2. The molecule has 1 aliphatic carbocycles. The van der Waals surface area contributed by atoms with Gasteiger partial charge < -0.3 is 24.7 Å². The number of halogens is 3. The van der Waals surface area contributed by atoms with Gasteiger partial charge in [-0.05, 0) is 107 Å². The van der Waals surface area contributed by atoms with Gasteiger partial charge in [-0.3, -0.25) is 19.7 Å². The fraction of sp³-hybridized carbons (Fsp3) is 0.475. The van der Waals surface area contributed by atoms with E-state index in [1.54, 1.807) is 18.3 Å². The molecule has 2 saturated heterocycles. The number of imidazole rings is 1. The van der Waals surface area contributed by atoms with Crippen molar-refractivity contribution < 1.29 is 32.3 Å². The van der Waals surface area contributed by atoms with Crippen LogP contribution in [0.25, 0.3) is 5.65 Å². The minimum atomic E-state index is -2.75. The number of fused-ring (bicyclic) bond motifs is 1. The maximum Gasteiger partial charge on any atom is 0.280 e. The van der Waals surface area contributed by atoms with Gasteiger partial charge in [0.15, 0.2) is 0 Å². The van der Waals surface area contributed by atoms with E-state index in [1.807, 2.05) is 36.6 Å². The number of likely N-dealkylation sites (tertiary alicyclic amines) is 1. The van der Waals surface area contributed by atoms with Gasteiger partial charge in [-0.1, -0.05) is 18.2 Å². The number of hydrogen-bond donors (Lipinski definition) is 3. The van der Waals surface area contributed by atoms with E-state index in [2.05, 4.69) is 25.8 Å². The normalized spacial score (nSPS) is 21.4. The molecule has 7 rings (SSSR count). The van der Waals surface area contributed by atoms with E-state index in [9.17, 15) is 23.2 Å². The minimum Gasteiger partial charge on any atom is -0.490 e. The zero-order valence-electron chi connectivity index (χ0n) is 30.5. The molecule has 1 unspecified atom stereocenters. The monoisotopic (exact) mass is 745 g/mol. The second-order valence-corrected chi connectivity index (χ2v) is 15.0. The van der Waals surface area contributed by atoms with Gasteiger partial charge in [0.2, 0.25) is 11.8 Å². The van der Waals surface area contributed by atoms with Crippen LogP contribution in [-0.2, 0) is 9.59 Å². The molecule has 14 heteroatoms. The molecule has 0 spiro atoms. The number of ether oxygens (including phenoxy) is 1. The van der Waals surface area contributed by atoms with Gasteiger partial charge in [0.25, 0.3) is 12.3 Å². The van der Waals surface area contributed by atoms with Crippen LogP contribution in [-0.4, -0.2) is 68.8 Å². The maximum absolute atomic E-state index is 15.6. The summed E-state index contributed by atoms with van der Waals surface area (Å²) >= 11 is 0. The summed E-state index contributed by atoms with van der Waals surface area (Å²) in [4.78, 5) is 48.4. The smallest absolute Gasteiger partial charge is 0.280 e. The Bertz CT molecular complexity index is 2000. The second kappa shape index (κ2) is 16.2. The number of imide groups is 1. The average molecular weight is 746 g/mol. The fourth-order valence-electron chi connectivity index (χ4n) is 8.01. The van der Waals surface area contributed by atoms with Crippen molar-refractivity contribution >= 4 is 34.9 Å². The maximum atomic E-state index is 15.6. The molecule has 3 amide bonds. The number of piperidine rings is 2. The highest BCUT2D eigenvalue weighted by atomic mass is 19.3. The van der Waals surface area contributed by atoms with Crippen LogP contribution in [0, 0.1) is 11.7 Å². The Balaban J connectivity index is 0.935. The molecule has 1 saturated carbocycles. The summed E-state index contributed by atoms with van der Waals surface area (Å²) in [6.07, 6.45) is 7.09. The SMILES string of the molecule is CC(C)Oc1cc2nc([C@H]3CC[C@H](CN4CCC(c5cccc(NC6CCC(=O)NC6=O)c5F)CC4)CC3)cn2cc1C(=O)Nc1cccc(C(F)F)n1. The zero-order chi connectivity index (χ0) is 37.9. The number of carbonyl (C=O) groups excluding carboxylic acids is 3. The number of carbonyl (C=O) groups is 3. The third-order valence-corrected chi connectivity index (χ3v) is 10.8. The molecule has 286 valence electrons. The van der Waals surface area contributed by atoms with E-state index in [0.29, 0.717) is 35.0 Å². The lowest BCUT2D eigenvalue weighted by molar-refractivity contribution is -0.133. The van der Waals surface area contributed by atoms with E-state index in [-0.39, 0.29) is 47.5 Å². The molecule has 0 radical (unpaired) electrons. The largest absolute Gasteiger partial charge is 0.490 e. The Morgan fingerprint density at radius 3 is 2.44 bits per heavy atom. The highest BCUT2D eigenvalue weighted by Gasteiger charge is 2.31. The van der Waals surface area contributed by atoms with Gasteiger partial charge >= 0.3 is 0 Å². The molecule has 3 N–H and O–H groups in total. The summed E-state index contributed by atoms with van der Waals surface area (Å²) in [5.41, 5.74) is 2.43. The number of anilines is 2. The number of aromatic nitrogens is 3. The van der Waals surface area contributed by atoms with Crippen molar-refractivity contribution in [3.05, 3.63) is 83.2 Å². The van der Waals surface area contributed by atoms with Gasteiger partial charge in [0.1, 0.15) is 34.8 Å². The molecule has 5 heterocycles. The van der Waals surface area contributed by atoms with Gasteiger partial charge in [-0.2, -0.15) is 0 Å². The molecule has 2 aliphatic heterocycles. The summed E-state index contributed by atoms with van der Waals surface area (Å²) in [7, 11) is 0. The van der Waals surface area contributed by atoms with Crippen molar-refractivity contribution in [2.24, 2.45) is 5.92 Å². The molecule has 3 fully saturated rings. The molecule has 11 nitrogen and oxygen atoms in total. The summed E-state index contributed by atoms with van der Waals surface area (Å²) < 4.78 is 49.8. The van der Waals surface area contributed by atoms with Crippen LogP contribution in [0.15, 0.2) is 54.9 Å². The first-order chi connectivity index (χ1) is 26.0. The number of rotatable bonds is 11. The fourth-order valence-corrected chi connectivity index (χ4v) is 8.01. The van der Waals surface area contributed by atoms with Crippen molar-refractivity contribution in [1.82, 2.24) is 24.6 Å². The van der Waals surface area contributed by atoms with Gasteiger partial charge in [0, 0.05) is 37.3 Å². The van der Waals surface area contributed by atoms with Gasteiger partial charge in [-0.15, -0.1) is 0 Å². The summed E-state index contributed by atoms with van der Waals surface area (Å²) in [5, 5.41) is 7.96. The van der Waals surface area contributed by atoms with E-state index < -0.39 is 30.0 Å². The molecule has 54 heavy (non-hydrogen) atoms. The number of amides is 3. The number of benzene rings is 1. The van der Waals surface area contributed by atoms with Crippen molar-refractivity contribution in [3.63, 3.8) is 0 Å². The first-order valence-corrected chi connectivity index (χ1v) is 18.9. The van der Waals surface area contributed by atoms with Crippen LogP contribution in [0.2, 0.25) is 0 Å². The quantitative estimate of drug-likeness (QED) is 0.137. The summed E-state index contributed by atoms with van der Waals surface area (Å²) in [6.45, 7) is 6.52. The molecular weight excluding hydrogens is 699 g/mol. The van der Waals surface area contributed by atoms with E-state index in [4.69, 9.17) is 9.72 Å². The number of nitrogens with zero attached hydrogens (tertiary/aromatic N) is 4. The Morgan fingerprint density at radius 1 is 0.963 bits per heavy atom. The molecule has 1 aromatic carbocycles. The predicted molar refractivity (Wildman–Crippen MR) is 197 cm³/mol. The Hall–Kier alpha value is -4.98. The number of hydrogen-bond acceptors (Lipinski definition) is 8. The second-order valence-electron chi connectivity index (χ2n) is 15.0. The molecule has 0 bridgehead atoms. The first-order valence-electron chi connectivity index (χ1n) is 18.9. The third kappa shape index (κ3) is 8.53. The lowest BCUT2D eigenvalue weighted by Gasteiger charge is -2.36. The third-order valence-electron chi connectivity index (χ3n) is 10.8. The Morgan fingerprint density at radius 2 is 1.72 bits per heavy atom. The predicted octanol–water partition coefficient (Wildman–Crippen LogP) is 7.22.